The summed E-state index contributed by atoms with van der Waals surface area (Å²) in [7, 11) is -0.646. The van der Waals surface area contributed by atoms with E-state index in [1.165, 1.54) is 7.11 Å². The van der Waals surface area contributed by atoms with Gasteiger partial charge in [-0.25, -0.2) is 4.79 Å². The minimum atomic E-state index is -2.09. The molecule has 6 nitrogen and oxygen atoms in total. The SMILES string of the molecule is COC(=O)C1(c2cc(CO[Si](C(C)C)(C(C)C)C(C)C)c3ccccc3c2)CCN(C(=O)OC(C)(C)C)CC1. The second-order valence-corrected chi connectivity index (χ2v) is 18.5. The van der Waals surface area contributed by atoms with Crippen molar-refractivity contribution in [2.75, 3.05) is 20.2 Å². The number of benzene rings is 2. The van der Waals surface area contributed by atoms with Gasteiger partial charge in [0.05, 0.1) is 19.1 Å². The number of fused-ring (bicyclic) bond motifs is 1. The molecule has 2 aromatic rings. The second-order valence-electron chi connectivity index (χ2n) is 13.0. The molecule has 0 spiro atoms. The molecule has 1 heterocycles. The number of hydrogen-bond acceptors (Lipinski definition) is 5. The van der Waals surface area contributed by atoms with Crippen LogP contribution in [0.3, 0.4) is 0 Å². The number of esters is 1. The predicted molar refractivity (Wildman–Crippen MR) is 161 cm³/mol. The maximum absolute atomic E-state index is 13.4. The Morgan fingerprint density at radius 1 is 0.949 bits per heavy atom. The summed E-state index contributed by atoms with van der Waals surface area (Å²) < 4.78 is 18.0. The van der Waals surface area contributed by atoms with Crippen molar-refractivity contribution in [1.82, 2.24) is 4.90 Å². The molecular weight excluding hydrogens is 506 g/mol. The van der Waals surface area contributed by atoms with Crippen molar-refractivity contribution in [3.63, 3.8) is 0 Å². The van der Waals surface area contributed by atoms with Gasteiger partial charge in [-0.15, -0.1) is 0 Å². The number of likely N-dealkylation sites (tertiary alicyclic amines) is 1. The fraction of sp³-hybridized carbons (Fsp3) is 0.625. The van der Waals surface area contributed by atoms with E-state index in [2.05, 4.69) is 71.9 Å². The van der Waals surface area contributed by atoms with Gasteiger partial charge in [-0.3, -0.25) is 4.79 Å². The zero-order chi connectivity index (χ0) is 29.2. The molecular formula is C32H49NO5Si. The minimum absolute atomic E-state index is 0.260. The molecule has 0 bridgehead atoms. The number of piperidine rings is 1. The largest absolute Gasteiger partial charge is 0.468 e. The molecule has 0 aromatic heterocycles. The molecule has 0 saturated carbocycles. The van der Waals surface area contributed by atoms with Gasteiger partial charge in [0.25, 0.3) is 0 Å². The number of carbonyl (C=O) groups excluding carboxylic acids is 2. The van der Waals surface area contributed by atoms with Gasteiger partial charge >= 0.3 is 12.1 Å². The molecule has 0 N–H and O–H groups in total. The van der Waals surface area contributed by atoms with E-state index in [0.717, 1.165) is 21.9 Å². The highest BCUT2D eigenvalue weighted by Gasteiger charge is 2.47. The Balaban J connectivity index is 2.03. The standard InChI is InChI=1S/C32H49NO5Si/c1-22(2)39(23(3)4,24(5)6)37-21-26-20-27(19-25-13-11-12-14-28(25)26)32(29(34)36-10)15-17-33(18-16-32)30(35)38-31(7,8)9/h11-14,19-20,22-24H,15-18,21H2,1-10H3. The van der Waals surface area contributed by atoms with Gasteiger partial charge < -0.3 is 18.8 Å². The third-order valence-corrected chi connectivity index (χ3v) is 14.6. The van der Waals surface area contributed by atoms with E-state index in [1.54, 1.807) is 4.90 Å². The summed E-state index contributed by atoms with van der Waals surface area (Å²) in [5.74, 6) is -0.260. The van der Waals surface area contributed by atoms with Crippen LogP contribution in [0.25, 0.3) is 10.8 Å². The van der Waals surface area contributed by atoms with Crippen LogP contribution in [0.15, 0.2) is 36.4 Å². The van der Waals surface area contributed by atoms with E-state index < -0.39 is 19.3 Å². The molecule has 0 unspecified atom stereocenters. The summed E-state index contributed by atoms with van der Waals surface area (Å²) in [6.07, 6.45) is 0.603. The Labute approximate surface area is 236 Å². The summed E-state index contributed by atoms with van der Waals surface area (Å²) in [4.78, 5) is 27.9. The average Bonchev–Trinajstić information content (AvgIpc) is 2.86. The molecule has 3 rings (SSSR count). The third kappa shape index (κ3) is 6.35. The van der Waals surface area contributed by atoms with Crippen LogP contribution < -0.4 is 0 Å². The zero-order valence-corrected chi connectivity index (χ0v) is 26.7. The molecule has 1 saturated heterocycles. The first-order chi connectivity index (χ1) is 18.2. The van der Waals surface area contributed by atoms with Gasteiger partial charge in [0.1, 0.15) is 5.60 Å². The Hall–Kier alpha value is -2.38. The lowest BCUT2D eigenvalue weighted by Crippen LogP contribution is -2.50. The first-order valence-electron chi connectivity index (χ1n) is 14.4. The lowest BCUT2D eigenvalue weighted by Gasteiger charge is -2.42. The Morgan fingerprint density at radius 2 is 1.51 bits per heavy atom. The van der Waals surface area contributed by atoms with Crippen LogP contribution in [0, 0.1) is 0 Å². The summed E-state index contributed by atoms with van der Waals surface area (Å²) in [5.41, 5.74) is 2.05. The zero-order valence-electron chi connectivity index (χ0n) is 25.7. The van der Waals surface area contributed by atoms with Crippen LogP contribution in [-0.4, -0.2) is 51.1 Å². The van der Waals surface area contributed by atoms with Crippen LogP contribution in [0.1, 0.15) is 86.3 Å². The molecule has 1 aliphatic rings. The van der Waals surface area contributed by atoms with Crippen molar-refractivity contribution in [2.45, 2.75) is 109 Å². The van der Waals surface area contributed by atoms with Crippen molar-refractivity contribution in [1.29, 1.82) is 0 Å². The van der Waals surface area contributed by atoms with Gasteiger partial charge in [0, 0.05) is 13.1 Å². The Kier molecular flexibility index (Phi) is 9.59. The normalized spacial score (nSPS) is 16.3. The predicted octanol–water partition coefficient (Wildman–Crippen LogP) is 7.97. The number of amides is 1. The van der Waals surface area contributed by atoms with E-state index in [-0.39, 0.29) is 12.1 Å². The molecule has 0 atom stereocenters. The molecule has 216 valence electrons. The quantitative estimate of drug-likeness (QED) is 0.244. The average molecular weight is 556 g/mol. The van der Waals surface area contributed by atoms with Crippen molar-refractivity contribution in [3.8, 4) is 0 Å². The molecule has 1 fully saturated rings. The maximum atomic E-state index is 13.4. The summed E-state index contributed by atoms with van der Waals surface area (Å²) >= 11 is 0. The van der Waals surface area contributed by atoms with Crippen molar-refractivity contribution in [3.05, 3.63) is 47.5 Å². The third-order valence-electron chi connectivity index (χ3n) is 8.53. The summed E-state index contributed by atoms with van der Waals surface area (Å²) in [5, 5.41) is 2.23. The second kappa shape index (κ2) is 12.0. The first kappa shape index (κ1) is 31.1. The van der Waals surface area contributed by atoms with E-state index in [4.69, 9.17) is 13.9 Å². The highest BCUT2D eigenvalue weighted by Crippen LogP contribution is 2.44. The monoisotopic (exact) mass is 555 g/mol. The number of ether oxygens (including phenoxy) is 2. The van der Waals surface area contributed by atoms with Crippen LogP contribution in [0.2, 0.25) is 16.6 Å². The van der Waals surface area contributed by atoms with E-state index in [9.17, 15) is 9.59 Å². The van der Waals surface area contributed by atoms with E-state index in [1.807, 2.05) is 26.8 Å². The summed E-state index contributed by atoms with van der Waals surface area (Å²) in [6, 6.07) is 12.6. The lowest BCUT2D eigenvalue weighted by atomic mass is 9.72. The molecule has 2 aromatic carbocycles. The van der Waals surface area contributed by atoms with Gasteiger partial charge in [-0.1, -0.05) is 71.9 Å². The number of hydrogen-bond donors (Lipinski definition) is 0. The smallest absolute Gasteiger partial charge is 0.410 e. The number of carbonyl (C=O) groups is 2. The highest BCUT2D eigenvalue weighted by molar-refractivity contribution is 6.77. The first-order valence-corrected chi connectivity index (χ1v) is 16.5. The Bertz CT molecular complexity index is 1140. The fourth-order valence-electron chi connectivity index (χ4n) is 6.69. The van der Waals surface area contributed by atoms with Crippen molar-refractivity contribution in [2.24, 2.45) is 0 Å². The van der Waals surface area contributed by atoms with Crippen LogP contribution in [0.4, 0.5) is 4.79 Å². The van der Waals surface area contributed by atoms with Crippen LogP contribution >= 0.6 is 0 Å². The Morgan fingerprint density at radius 3 is 2.03 bits per heavy atom. The molecule has 7 heteroatoms. The molecule has 1 amide bonds. The number of nitrogens with zero attached hydrogens (tertiary/aromatic N) is 1. The molecule has 0 radical (unpaired) electrons. The fourth-order valence-corrected chi connectivity index (χ4v) is 12.1. The molecule has 1 aliphatic heterocycles. The van der Waals surface area contributed by atoms with E-state index in [0.29, 0.717) is 49.2 Å². The highest BCUT2D eigenvalue weighted by atomic mass is 28.4. The van der Waals surface area contributed by atoms with Gasteiger partial charge in [-0.05, 0) is 78.2 Å². The van der Waals surface area contributed by atoms with Crippen LogP contribution in [0.5, 0.6) is 0 Å². The van der Waals surface area contributed by atoms with Crippen molar-refractivity contribution >= 4 is 31.2 Å². The van der Waals surface area contributed by atoms with E-state index >= 15 is 0 Å². The summed E-state index contributed by atoms with van der Waals surface area (Å²) in [6.45, 7) is 20.7. The maximum Gasteiger partial charge on any atom is 0.410 e. The topological polar surface area (TPSA) is 65.1 Å². The van der Waals surface area contributed by atoms with Gasteiger partial charge in [0.15, 0.2) is 0 Å². The van der Waals surface area contributed by atoms with Crippen LogP contribution in [-0.2, 0) is 30.7 Å². The number of methoxy groups -OCH3 is 1. The number of rotatable bonds is 8. The van der Waals surface area contributed by atoms with Gasteiger partial charge in [-0.2, -0.15) is 0 Å². The lowest BCUT2D eigenvalue weighted by molar-refractivity contribution is -0.149. The molecule has 39 heavy (non-hydrogen) atoms. The minimum Gasteiger partial charge on any atom is -0.468 e. The molecule has 0 aliphatic carbocycles. The van der Waals surface area contributed by atoms with Crippen molar-refractivity contribution < 1.29 is 23.5 Å². The van der Waals surface area contributed by atoms with Gasteiger partial charge in [0.2, 0.25) is 8.32 Å².